The molecule has 0 radical (unpaired) electrons. The van der Waals surface area contributed by atoms with E-state index in [0.717, 1.165) is 19.3 Å². The monoisotopic (exact) mass is 375 g/mol. The Labute approximate surface area is 160 Å². The fourth-order valence-corrected chi connectivity index (χ4v) is 3.30. The van der Waals surface area contributed by atoms with Crippen molar-refractivity contribution in [1.29, 1.82) is 0 Å². The lowest BCUT2D eigenvalue weighted by atomic mass is 9.91. The van der Waals surface area contributed by atoms with E-state index in [1.54, 1.807) is 30.9 Å². The van der Waals surface area contributed by atoms with Crippen LogP contribution in [0.4, 0.5) is 0 Å². The minimum absolute atomic E-state index is 0.00704. The fraction of sp³-hybridized carbons (Fsp3) is 0.524. The third kappa shape index (κ3) is 4.26. The van der Waals surface area contributed by atoms with Crippen LogP contribution in [0.5, 0.6) is 11.5 Å². The number of hydrogen-bond donors (Lipinski definition) is 2. The predicted molar refractivity (Wildman–Crippen MR) is 103 cm³/mol. The summed E-state index contributed by atoms with van der Waals surface area (Å²) in [5.41, 5.74) is 0.758. The zero-order valence-electron chi connectivity index (χ0n) is 16.5. The molecule has 1 unspecified atom stereocenters. The molecule has 148 valence electrons. The van der Waals surface area contributed by atoms with Crippen LogP contribution in [0.2, 0.25) is 0 Å². The molecule has 0 aliphatic carbocycles. The van der Waals surface area contributed by atoms with Gasteiger partial charge in [-0.15, -0.1) is 0 Å². The third-order valence-electron chi connectivity index (χ3n) is 4.70. The van der Waals surface area contributed by atoms with Gasteiger partial charge >= 0.3 is 0 Å². The molecule has 0 bridgehead atoms. The number of benzene rings is 1. The molecule has 1 aromatic carbocycles. The number of aliphatic hydroxyl groups is 1. The van der Waals surface area contributed by atoms with Gasteiger partial charge in [-0.1, -0.05) is 39.7 Å². The number of ether oxygens (including phenoxy) is 1. The van der Waals surface area contributed by atoms with Gasteiger partial charge in [-0.25, -0.2) is 0 Å². The summed E-state index contributed by atoms with van der Waals surface area (Å²) >= 11 is 0. The molecule has 0 aromatic heterocycles. The van der Waals surface area contributed by atoms with E-state index in [0.29, 0.717) is 24.5 Å². The number of hydrogen-bond acceptors (Lipinski definition) is 5. The van der Waals surface area contributed by atoms with Crippen molar-refractivity contribution < 1.29 is 24.5 Å². The summed E-state index contributed by atoms with van der Waals surface area (Å²) < 4.78 is 5.45. The number of aromatic hydroxyl groups is 1. The minimum Gasteiger partial charge on any atom is -0.504 e. The van der Waals surface area contributed by atoms with Gasteiger partial charge in [0.25, 0.3) is 5.91 Å². The van der Waals surface area contributed by atoms with E-state index < -0.39 is 17.7 Å². The number of phenols is 1. The lowest BCUT2D eigenvalue weighted by Crippen LogP contribution is -2.32. The smallest absolute Gasteiger partial charge is 0.290 e. The summed E-state index contributed by atoms with van der Waals surface area (Å²) in [6.45, 7) is 8.18. The van der Waals surface area contributed by atoms with Gasteiger partial charge in [0.1, 0.15) is 0 Å². The van der Waals surface area contributed by atoms with Crippen LogP contribution >= 0.6 is 0 Å². The van der Waals surface area contributed by atoms with Gasteiger partial charge in [-0.2, -0.15) is 0 Å². The lowest BCUT2D eigenvalue weighted by Gasteiger charge is -2.27. The first-order chi connectivity index (χ1) is 12.8. The Morgan fingerprint density at radius 3 is 2.52 bits per heavy atom. The van der Waals surface area contributed by atoms with Crippen molar-refractivity contribution in [2.24, 2.45) is 5.92 Å². The van der Waals surface area contributed by atoms with Gasteiger partial charge in [0, 0.05) is 12.5 Å². The number of unbranched alkanes of at least 4 members (excludes halogenated alkanes) is 2. The van der Waals surface area contributed by atoms with Crippen LogP contribution in [0.1, 0.15) is 58.6 Å². The molecule has 2 rings (SSSR count). The molecule has 1 aliphatic heterocycles. The van der Waals surface area contributed by atoms with Gasteiger partial charge in [-0.05, 0) is 31.0 Å². The van der Waals surface area contributed by atoms with Crippen molar-refractivity contribution >= 4 is 11.7 Å². The van der Waals surface area contributed by atoms with Crippen molar-refractivity contribution in [1.82, 2.24) is 4.90 Å². The van der Waals surface area contributed by atoms with E-state index in [-0.39, 0.29) is 23.0 Å². The van der Waals surface area contributed by atoms with E-state index in [1.807, 2.05) is 6.92 Å². The SMILES string of the molecule is CCCCCN1C(=O)C(O)=C(C(=O)C(C)C)C1c1ccc(O)c(OCC)c1. The first-order valence-corrected chi connectivity index (χ1v) is 9.57. The Bertz CT molecular complexity index is 738. The molecule has 0 spiro atoms. The number of nitrogens with zero attached hydrogens (tertiary/aromatic N) is 1. The molecule has 1 amide bonds. The van der Waals surface area contributed by atoms with Crippen molar-refractivity contribution in [3.8, 4) is 11.5 Å². The third-order valence-corrected chi connectivity index (χ3v) is 4.70. The first kappa shape index (κ1) is 20.8. The molecule has 0 saturated heterocycles. The van der Waals surface area contributed by atoms with Crippen LogP contribution in [-0.2, 0) is 9.59 Å². The summed E-state index contributed by atoms with van der Waals surface area (Å²) in [5.74, 6) is -1.31. The average molecular weight is 375 g/mol. The number of Topliss-reactive ketones (excluding diaryl/α,β-unsaturated/α-hetero) is 1. The maximum Gasteiger partial charge on any atom is 0.290 e. The number of aliphatic hydroxyl groups excluding tert-OH is 1. The summed E-state index contributed by atoms with van der Waals surface area (Å²) in [5, 5.41) is 20.4. The normalized spacial score (nSPS) is 17.1. The summed E-state index contributed by atoms with van der Waals surface area (Å²) in [6, 6.07) is 4.11. The number of carbonyl (C=O) groups excluding carboxylic acids is 2. The van der Waals surface area contributed by atoms with Crippen LogP contribution in [0.25, 0.3) is 0 Å². The first-order valence-electron chi connectivity index (χ1n) is 9.57. The zero-order chi connectivity index (χ0) is 20.1. The molecule has 27 heavy (non-hydrogen) atoms. The molecule has 6 nitrogen and oxygen atoms in total. The molecule has 2 N–H and O–H groups in total. The van der Waals surface area contributed by atoms with Crippen molar-refractivity contribution in [2.45, 2.75) is 53.0 Å². The predicted octanol–water partition coefficient (Wildman–Crippen LogP) is 3.90. The van der Waals surface area contributed by atoms with Crippen molar-refractivity contribution in [3.05, 3.63) is 35.1 Å². The van der Waals surface area contributed by atoms with Gasteiger partial charge in [-0.3, -0.25) is 9.59 Å². The van der Waals surface area contributed by atoms with Crippen LogP contribution < -0.4 is 4.74 Å². The molecular formula is C21H29NO5. The van der Waals surface area contributed by atoms with E-state index >= 15 is 0 Å². The Balaban J connectivity index is 2.51. The highest BCUT2D eigenvalue weighted by Crippen LogP contribution is 2.41. The number of amides is 1. The lowest BCUT2D eigenvalue weighted by molar-refractivity contribution is -0.129. The second-order valence-electron chi connectivity index (χ2n) is 7.05. The molecule has 6 heteroatoms. The standard InChI is InChI=1S/C21H29NO5/c1-5-7-8-11-22-18(14-9-10-15(23)16(12-14)27-6-2)17(19(24)13(3)4)20(25)21(22)26/h9-10,12-13,18,23,25H,5-8,11H2,1-4H3. The molecule has 1 atom stereocenters. The Kier molecular flexibility index (Phi) is 6.88. The minimum atomic E-state index is -0.677. The second-order valence-corrected chi connectivity index (χ2v) is 7.05. The van der Waals surface area contributed by atoms with E-state index in [2.05, 4.69) is 6.92 Å². The largest absolute Gasteiger partial charge is 0.504 e. The fourth-order valence-electron chi connectivity index (χ4n) is 3.30. The van der Waals surface area contributed by atoms with Crippen LogP contribution in [0, 0.1) is 5.92 Å². The number of ketones is 1. The molecule has 0 fully saturated rings. The highest BCUT2D eigenvalue weighted by atomic mass is 16.5. The number of phenolic OH excluding ortho intramolecular Hbond substituents is 1. The average Bonchev–Trinajstić information content (AvgIpc) is 2.88. The molecule has 1 heterocycles. The van der Waals surface area contributed by atoms with Crippen LogP contribution in [0.15, 0.2) is 29.5 Å². The maximum absolute atomic E-state index is 12.8. The number of rotatable bonds is 9. The van der Waals surface area contributed by atoms with Gasteiger partial charge in [0.15, 0.2) is 23.0 Å². The molecule has 1 aromatic rings. The quantitative estimate of drug-likeness (QED) is 0.639. The second kappa shape index (κ2) is 8.93. The number of carbonyl (C=O) groups is 2. The summed E-state index contributed by atoms with van der Waals surface area (Å²) in [7, 11) is 0. The maximum atomic E-state index is 12.8. The highest BCUT2D eigenvalue weighted by molar-refractivity contribution is 6.09. The Hall–Kier alpha value is -2.50. The summed E-state index contributed by atoms with van der Waals surface area (Å²) in [4.78, 5) is 27.0. The summed E-state index contributed by atoms with van der Waals surface area (Å²) in [6.07, 6.45) is 2.73. The molecular weight excluding hydrogens is 346 g/mol. The highest BCUT2D eigenvalue weighted by Gasteiger charge is 2.43. The Morgan fingerprint density at radius 2 is 1.93 bits per heavy atom. The molecule has 0 saturated carbocycles. The van der Waals surface area contributed by atoms with Crippen LogP contribution in [0.3, 0.4) is 0 Å². The van der Waals surface area contributed by atoms with Gasteiger partial charge < -0.3 is 19.8 Å². The Morgan fingerprint density at radius 1 is 1.22 bits per heavy atom. The molecule has 1 aliphatic rings. The topological polar surface area (TPSA) is 87.1 Å². The zero-order valence-corrected chi connectivity index (χ0v) is 16.5. The van der Waals surface area contributed by atoms with Gasteiger partial charge in [0.2, 0.25) is 0 Å². The van der Waals surface area contributed by atoms with E-state index in [1.165, 1.54) is 6.07 Å². The van der Waals surface area contributed by atoms with Crippen molar-refractivity contribution in [2.75, 3.05) is 13.2 Å². The van der Waals surface area contributed by atoms with E-state index in [4.69, 9.17) is 4.74 Å². The van der Waals surface area contributed by atoms with Crippen molar-refractivity contribution in [3.63, 3.8) is 0 Å². The van der Waals surface area contributed by atoms with E-state index in [9.17, 15) is 19.8 Å². The van der Waals surface area contributed by atoms with Crippen LogP contribution in [-0.4, -0.2) is 40.0 Å². The van der Waals surface area contributed by atoms with Gasteiger partial charge in [0.05, 0.1) is 18.2 Å².